The van der Waals surface area contributed by atoms with Crippen LogP contribution in [0.1, 0.15) is 0 Å². The van der Waals surface area contributed by atoms with E-state index in [2.05, 4.69) is 152 Å². The molecule has 11 rings (SSSR count). The highest BCUT2D eigenvalue weighted by Crippen LogP contribution is 2.55. The summed E-state index contributed by atoms with van der Waals surface area (Å²) >= 11 is 1.86. The van der Waals surface area contributed by atoms with Crippen LogP contribution in [0.5, 0.6) is 0 Å². The Morgan fingerprint density at radius 3 is 1.63 bits per heavy atom. The van der Waals surface area contributed by atoms with Crippen LogP contribution in [0.3, 0.4) is 0 Å². The van der Waals surface area contributed by atoms with Gasteiger partial charge in [0.1, 0.15) is 0 Å². The summed E-state index contributed by atoms with van der Waals surface area (Å²) < 4.78 is 2.53. The second-order valence-electron chi connectivity index (χ2n) is 12.8. The second-order valence-corrected chi connectivity index (χ2v) is 13.8. The van der Waals surface area contributed by atoms with E-state index in [0.29, 0.717) is 17.5 Å². The Labute approximate surface area is 285 Å². The molecule has 0 saturated heterocycles. The van der Waals surface area contributed by atoms with Gasteiger partial charge in [0.2, 0.25) is 0 Å². The average molecular weight is 640 g/mol. The van der Waals surface area contributed by atoms with Crippen LogP contribution in [-0.4, -0.2) is 15.0 Å². The summed E-state index contributed by atoms with van der Waals surface area (Å²) in [6.45, 7) is 0. The molecule has 4 heteroatoms. The molecule has 0 unspecified atom stereocenters. The molecule has 0 fully saturated rings. The standard InChI is InChI=1S/C45H25N3S/c1-3-11-29-23-31(21-19-26(29)9-1)43-46-44(32-22-20-27-10-2-4-12-30(27)24-32)48-45(47-43)37-25-36-33-16-7-13-28-14-8-17-35(39(28)33)41(36)42-40(37)34-15-5-6-18-38(34)49-42/h1-25H. The summed E-state index contributed by atoms with van der Waals surface area (Å²) in [7, 11) is 0. The Morgan fingerprint density at radius 2 is 0.939 bits per heavy atom. The van der Waals surface area contributed by atoms with Gasteiger partial charge in [0, 0.05) is 42.4 Å². The predicted molar refractivity (Wildman–Crippen MR) is 206 cm³/mol. The smallest absolute Gasteiger partial charge is 0.164 e. The summed E-state index contributed by atoms with van der Waals surface area (Å²) in [6.07, 6.45) is 0. The normalized spacial score (nSPS) is 12.1. The Balaban J connectivity index is 1.24. The lowest BCUT2D eigenvalue weighted by Crippen LogP contribution is -2.01. The molecule has 1 aliphatic rings. The van der Waals surface area contributed by atoms with Crippen molar-refractivity contribution in [3.05, 3.63) is 152 Å². The average Bonchev–Trinajstić information content (AvgIpc) is 3.71. The Kier molecular flexibility index (Phi) is 5.54. The molecule has 8 aromatic carbocycles. The highest BCUT2D eigenvalue weighted by Gasteiger charge is 2.28. The van der Waals surface area contributed by atoms with Crippen LogP contribution in [0.2, 0.25) is 0 Å². The fourth-order valence-corrected chi connectivity index (χ4v) is 9.03. The van der Waals surface area contributed by atoms with E-state index in [4.69, 9.17) is 15.0 Å². The number of benzene rings is 8. The highest BCUT2D eigenvalue weighted by molar-refractivity contribution is 7.26. The molecular formula is C45H25N3S. The van der Waals surface area contributed by atoms with Gasteiger partial charge in [-0.1, -0.05) is 127 Å². The maximum Gasteiger partial charge on any atom is 0.164 e. The van der Waals surface area contributed by atoms with E-state index in [1.165, 1.54) is 64.0 Å². The van der Waals surface area contributed by atoms with Gasteiger partial charge in [-0.05, 0) is 73.3 Å². The molecule has 0 saturated carbocycles. The number of fused-ring (bicyclic) bond motifs is 9. The van der Waals surface area contributed by atoms with Crippen molar-refractivity contribution >= 4 is 63.8 Å². The molecule has 0 atom stereocenters. The number of hydrogen-bond donors (Lipinski definition) is 0. The van der Waals surface area contributed by atoms with Gasteiger partial charge >= 0.3 is 0 Å². The predicted octanol–water partition coefficient (Wildman–Crippen LogP) is 12.3. The molecule has 0 aliphatic heterocycles. The van der Waals surface area contributed by atoms with E-state index < -0.39 is 0 Å². The molecule has 2 aromatic heterocycles. The molecule has 10 aromatic rings. The van der Waals surface area contributed by atoms with Crippen LogP contribution in [0.15, 0.2) is 152 Å². The van der Waals surface area contributed by atoms with Gasteiger partial charge < -0.3 is 0 Å². The van der Waals surface area contributed by atoms with Crippen molar-refractivity contribution in [1.82, 2.24) is 15.0 Å². The molecule has 49 heavy (non-hydrogen) atoms. The minimum Gasteiger partial charge on any atom is -0.208 e. The number of hydrogen-bond acceptors (Lipinski definition) is 4. The first kappa shape index (κ1) is 26.8. The number of rotatable bonds is 3. The molecule has 0 spiro atoms. The van der Waals surface area contributed by atoms with Crippen LogP contribution in [0.4, 0.5) is 0 Å². The molecule has 1 aliphatic carbocycles. The van der Waals surface area contributed by atoms with Crippen molar-refractivity contribution in [2.24, 2.45) is 0 Å². The monoisotopic (exact) mass is 639 g/mol. The molecule has 0 bridgehead atoms. The molecule has 0 radical (unpaired) electrons. The number of thiophene rings is 1. The third-order valence-electron chi connectivity index (χ3n) is 10.0. The van der Waals surface area contributed by atoms with Crippen molar-refractivity contribution in [2.45, 2.75) is 0 Å². The third kappa shape index (κ3) is 3.98. The molecular weight excluding hydrogens is 615 g/mol. The van der Waals surface area contributed by atoms with Crippen molar-refractivity contribution in [3.63, 3.8) is 0 Å². The van der Waals surface area contributed by atoms with Gasteiger partial charge in [-0.25, -0.2) is 15.0 Å². The molecule has 0 N–H and O–H groups in total. The van der Waals surface area contributed by atoms with Crippen molar-refractivity contribution in [1.29, 1.82) is 0 Å². The third-order valence-corrected chi connectivity index (χ3v) is 11.2. The highest BCUT2D eigenvalue weighted by atomic mass is 32.1. The van der Waals surface area contributed by atoms with Crippen molar-refractivity contribution < 1.29 is 0 Å². The molecule has 3 nitrogen and oxygen atoms in total. The minimum atomic E-state index is 0.664. The Morgan fingerprint density at radius 1 is 0.367 bits per heavy atom. The van der Waals surface area contributed by atoms with E-state index >= 15 is 0 Å². The Hall–Kier alpha value is -6.23. The van der Waals surface area contributed by atoms with Crippen molar-refractivity contribution in [2.75, 3.05) is 0 Å². The van der Waals surface area contributed by atoms with E-state index in [0.717, 1.165) is 27.5 Å². The number of nitrogens with zero attached hydrogens (tertiary/aromatic N) is 3. The molecule has 2 heterocycles. The summed E-state index contributed by atoms with van der Waals surface area (Å²) in [5.41, 5.74) is 8.08. The fraction of sp³-hybridized carbons (Fsp3) is 0. The first-order chi connectivity index (χ1) is 24.3. The first-order valence-corrected chi connectivity index (χ1v) is 17.3. The Bertz CT molecular complexity index is 2910. The van der Waals surface area contributed by atoms with E-state index in [-0.39, 0.29) is 0 Å². The molecule has 0 amide bonds. The summed E-state index contributed by atoms with van der Waals surface area (Å²) in [5.74, 6) is 2.01. The largest absolute Gasteiger partial charge is 0.208 e. The van der Waals surface area contributed by atoms with E-state index in [9.17, 15) is 0 Å². The van der Waals surface area contributed by atoms with Gasteiger partial charge in [0.15, 0.2) is 17.5 Å². The quantitative estimate of drug-likeness (QED) is 0.193. The van der Waals surface area contributed by atoms with E-state index in [1.54, 1.807) is 0 Å². The van der Waals surface area contributed by atoms with Gasteiger partial charge in [0.05, 0.1) is 0 Å². The SMILES string of the molecule is c1ccc2cc(-c3nc(-c4ccc5ccccc5c4)nc(-c4cc5c(c6sc7ccccc7c46)-c4cccc6cccc-5c46)n3)ccc2c1. The summed E-state index contributed by atoms with van der Waals surface area (Å²) in [6, 6.07) is 54.2. The molecule has 226 valence electrons. The lowest BCUT2D eigenvalue weighted by molar-refractivity contribution is 1.08. The number of aromatic nitrogens is 3. The maximum atomic E-state index is 5.31. The zero-order valence-corrected chi connectivity index (χ0v) is 27.0. The summed E-state index contributed by atoms with van der Waals surface area (Å²) in [5, 5.41) is 9.70. The van der Waals surface area contributed by atoms with Crippen LogP contribution in [0.25, 0.3) is 109 Å². The zero-order chi connectivity index (χ0) is 32.1. The zero-order valence-electron chi connectivity index (χ0n) is 26.2. The van der Waals surface area contributed by atoms with Crippen LogP contribution < -0.4 is 0 Å². The maximum absolute atomic E-state index is 5.31. The van der Waals surface area contributed by atoms with Gasteiger partial charge in [-0.3, -0.25) is 0 Å². The second kappa shape index (κ2) is 10.1. The van der Waals surface area contributed by atoms with Crippen LogP contribution in [0, 0.1) is 0 Å². The van der Waals surface area contributed by atoms with Crippen molar-refractivity contribution in [3.8, 4) is 56.4 Å². The van der Waals surface area contributed by atoms with Crippen LogP contribution >= 0.6 is 11.3 Å². The summed E-state index contributed by atoms with van der Waals surface area (Å²) in [4.78, 5) is 15.8. The van der Waals surface area contributed by atoms with Gasteiger partial charge in [-0.2, -0.15) is 0 Å². The lowest BCUT2D eigenvalue weighted by Gasteiger charge is -2.13. The van der Waals surface area contributed by atoms with Gasteiger partial charge in [-0.15, -0.1) is 11.3 Å². The van der Waals surface area contributed by atoms with Crippen LogP contribution in [-0.2, 0) is 0 Å². The lowest BCUT2D eigenvalue weighted by atomic mass is 9.96. The fourth-order valence-electron chi connectivity index (χ4n) is 7.74. The first-order valence-electron chi connectivity index (χ1n) is 16.5. The van der Waals surface area contributed by atoms with E-state index in [1.807, 2.05) is 11.3 Å². The topological polar surface area (TPSA) is 38.7 Å². The minimum absolute atomic E-state index is 0.664. The van der Waals surface area contributed by atoms with Gasteiger partial charge in [0.25, 0.3) is 0 Å².